The first-order chi connectivity index (χ1) is 9.56. The lowest BCUT2D eigenvalue weighted by atomic mass is 9.96. The maximum atomic E-state index is 14.2. The van der Waals surface area contributed by atoms with E-state index in [-0.39, 0.29) is 6.04 Å². The zero-order valence-electron chi connectivity index (χ0n) is 11.6. The van der Waals surface area contributed by atoms with E-state index in [1.165, 1.54) is 25.3 Å². The first kappa shape index (κ1) is 14.3. The monoisotopic (exact) mass is 344 g/mol. The second-order valence-corrected chi connectivity index (χ2v) is 6.72. The van der Waals surface area contributed by atoms with Crippen LogP contribution in [-0.4, -0.2) is 36.6 Å². The molecule has 0 radical (unpaired) electrons. The third kappa shape index (κ3) is 2.58. The average Bonchev–Trinajstić information content (AvgIpc) is 2.38. The van der Waals surface area contributed by atoms with Crippen LogP contribution in [0.2, 0.25) is 0 Å². The number of fused-ring (bicyclic) bond motifs is 1. The first-order valence-electron chi connectivity index (χ1n) is 7.21. The second-order valence-electron chi connectivity index (χ2n) is 5.86. The molecule has 0 aliphatic carbocycles. The van der Waals surface area contributed by atoms with E-state index in [0.717, 1.165) is 25.7 Å². The van der Waals surface area contributed by atoms with Gasteiger partial charge in [-0.05, 0) is 48.3 Å². The highest BCUT2D eigenvalue weighted by molar-refractivity contribution is 9.10. The molecule has 0 N–H and O–H groups in total. The van der Waals surface area contributed by atoms with Crippen molar-refractivity contribution >= 4 is 21.6 Å². The van der Waals surface area contributed by atoms with Crippen molar-refractivity contribution in [2.75, 3.05) is 24.5 Å². The number of anilines is 1. The Kier molecular flexibility index (Phi) is 4.00. The van der Waals surface area contributed by atoms with E-state index in [1.807, 2.05) is 0 Å². The molecule has 2 unspecified atom stereocenters. The molecule has 3 rings (SSSR count). The van der Waals surface area contributed by atoms with Crippen molar-refractivity contribution < 1.29 is 8.78 Å². The Morgan fingerprint density at radius 1 is 1.20 bits per heavy atom. The fourth-order valence-corrected chi connectivity index (χ4v) is 4.11. The molecule has 110 valence electrons. The summed E-state index contributed by atoms with van der Waals surface area (Å²) in [4.78, 5) is 4.60. The zero-order chi connectivity index (χ0) is 14.3. The van der Waals surface area contributed by atoms with Gasteiger partial charge in [-0.1, -0.05) is 6.42 Å². The molecular weight excluding hydrogens is 326 g/mol. The Hall–Kier alpha value is -0.680. The van der Waals surface area contributed by atoms with Gasteiger partial charge >= 0.3 is 0 Å². The van der Waals surface area contributed by atoms with Gasteiger partial charge in [-0.25, -0.2) is 8.78 Å². The Balaban J connectivity index is 1.90. The fraction of sp³-hybridized carbons (Fsp3) is 0.600. The molecule has 20 heavy (non-hydrogen) atoms. The van der Waals surface area contributed by atoms with Crippen LogP contribution in [0.1, 0.15) is 26.2 Å². The molecule has 1 aromatic rings. The highest BCUT2D eigenvalue weighted by atomic mass is 79.9. The summed E-state index contributed by atoms with van der Waals surface area (Å²) in [5.41, 5.74) is 0.504. The van der Waals surface area contributed by atoms with Crippen molar-refractivity contribution in [2.24, 2.45) is 0 Å². The minimum Gasteiger partial charge on any atom is -0.363 e. The van der Waals surface area contributed by atoms with Gasteiger partial charge in [0.25, 0.3) is 0 Å². The van der Waals surface area contributed by atoms with E-state index in [1.54, 1.807) is 0 Å². The lowest BCUT2D eigenvalue weighted by Gasteiger charge is -2.48. The summed E-state index contributed by atoms with van der Waals surface area (Å²) >= 11 is 3.31. The Labute approximate surface area is 126 Å². The van der Waals surface area contributed by atoms with Gasteiger partial charge in [-0.15, -0.1) is 0 Å². The van der Waals surface area contributed by atoms with E-state index >= 15 is 0 Å². The smallest absolute Gasteiger partial charge is 0.150 e. The number of nitrogens with zero attached hydrogens (tertiary/aromatic N) is 2. The lowest BCUT2D eigenvalue weighted by Crippen LogP contribution is -2.59. The number of hydrogen-bond donors (Lipinski definition) is 0. The Morgan fingerprint density at radius 3 is 2.75 bits per heavy atom. The molecule has 2 atom stereocenters. The predicted molar refractivity (Wildman–Crippen MR) is 80.1 cm³/mol. The van der Waals surface area contributed by atoms with Crippen molar-refractivity contribution in [1.29, 1.82) is 0 Å². The summed E-state index contributed by atoms with van der Waals surface area (Å²) in [5, 5.41) is 0. The molecule has 2 aliphatic rings. The van der Waals surface area contributed by atoms with Crippen molar-refractivity contribution in [3.63, 3.8) is 0 Å². The number of piperidine rings is 1. The van der Waals surface area contributed by atoms with Crippen LogP contribution in [0, 0.1) is 11.6 Å². The van der Waals surface area contributed by atoms with Crippen LogP contribution < -0.4 is 4.90 Å². The summed E-state index contributed by atoms with van der Waals surface area (Å²) in [6.45, 7) is 5.03. The normalized spacial score (nSPS) is 27.5. The molecule has 0 saturated carbocycles. The van der Waals surface area contributed by atoms with Crippen LogP contribution in [0.4, 0.5) is 14.5 Å². The summed E-state index contributed by atoms with van der Waals surface area (Å²) in [5.74, 6) is -1.02. The molecule has 0 spiro atoms. The van der Waals surface area contributed by atoms with Crippen LogP contribution in [0.3, 0.4) is 0 Å². The molecular formula is C15H19BrF2N2. The highest BCUT2D eigenvalue weighted by Crippen LogP contribution is 2.35. The highest BCUT2D eigenvalue weighted by Gasteiger charge is 2.34. The molecule has 2 nitrogen and oxygen atoms in total. The van der Waals surface area contributed by atoms with Crippen molar-refractivity contribution in [2.45, 2.75) is 38.3 Å². The third-order valence-electron chi connectivity index (χ3n) is 4.46. The van der Waals surface area contributed by atoms with Gasteiger partial charge in [-0.2, -0.15) is 0 Å². The van der Waals surface area contributed by atoms with Crippen LogP contribution in [0.5, 0.6) is 0 Å². The van der Waals surface area contributed by atoms with Crippen LogP contribution in [0.15, 0.2) is 16.6 Å². The molecule has 1 aromatic carbocycles. The Bertz CT molecular complexity index is 486. The van der Waals surface area contributed by atoms with Crippen molar-refractivity contribution in [3.8, 4) is 0 Å². The number of piperazine rings is 1. The SMILES string of the molecule is CC1CN2CCCCC2CN1c1c(F)cc(F)cc1Br. The minimum absolute atomic E-state index is 0.237. The van der Waals surface area contributed by atoms with Gasteiger partial charge in [0.2, 0.25) is 0 Å². The van der Waals surface area contributed by atoms with Gasteiger partial charge in [-0.3, -0.25) is 4.90 Å². The number of rotatable bonds is 1. The lowest BCUT2D eigenvalue weighted by molar-refractivity contribution is 0.115. The van der Waals surface area contributed by atoms with E-state index in [2.05, 4.69) is 32.7 Å². The average molecular weight is 345 g/mol. The van der Waals surface area contributed by atoms with Crippen molar-refractivity contribution in [1.82, 2.24) is 4.90 Å². The Morgan fingerprint density at radius 2 is 2.00 bits per heavy atom. The quantitative estimate of drug-likeness (QED) is 0.764. The van der Waals surface area contributed by atoms with Gasteiger partial charge < -0.3 is 4.90 Å². The van der Waals surface area contributed by atoms with Gasteiger partial charge in [0.15, 0.2) is 5.82 Å². The molecule has 0 bridgehead atoms. The zero-order valence-corrected chi connectivity index (χ0v) is 13.2. The molecule has 5 heteroatoms. The molecule has 0 aromatic heterocycles. The minimum atomic E-state index is -0.540. The predicted octanol–water partition coefficient (Wildman–Crippen LogP) is 3.79. The van der Waals surface area contributed by atoms with E-state index in [4.69, 9.17) is 0 Å². The molecule has 2 aliphatic heterocycles. The largest absolute Gasteiger partial charge is 0.363 e. The molecule has 2 heterocycles. The van der Waals surface area contributed by atoms with Crippen LogP contribution in [0.25, 0.3) is 0 Å². The van der Waals surface area contributed by atoms with Gasteiger partial charge in [0.1, 0.15) is 5.82 Å². The number of hydrogen-bond acceptors (Lipinski definition) is 2. The summed E-state index contributed by atoms with van der Waals surface area (Å²) < 4.78 is 27.9. The standard InChI is InChI=1S/C15H19BrF2N2/c1-10-8-19-5-3-2-4-12(19)9-20(10)15-13(16)6-11(17)7-14(15)18/h6-7,10,12H,2-5,8-9H2,1H3. The van der Waals surface area contributed by atoms with Gasteiger partial charge in [0, 0.05) is 35.7 Å². The van der Waals surface area contributed by atoms with E-state index in [0.29, 0.717) is 16.2 Å². The van der Waals surface area contributed by atoms with Gasteiger partial charge in [0.05, 0.1) is 5.69 Å². The van der Waals surface area contributed by atoms with E-state index in [9.17, 15) is 8.78 Å². The summed E-state index contributed by atoms with van der Waals surface area (Å²) in [6, 6.07) is 3.05. The fourth-order valence-electron chi connectivity index (χ4n) is 3.47. The maximum Gasteiger partial charge on any atom is 0.150 e. The summed E-state index contributed by atoms with van der Waals surface area (Å²) in [6.07, 6.45) is 3.68. The van der Waals surface area contributed by atoms with E-state index < -0.39 is 11.6 Å². The summed E-state index contributed by atoms with van der Waals surface area (Å²) in [7, 11) is 0. The maximum absolute atomic E-state index is 14.2. The van der Waals surface area contributed by atoms with Crippen molar-refractivity contribution in [3.05, 3.63) is 28.2 Å². The molecule has 2 fully saturated rings. The number of benzene rings is 1. The van der Waals surface area contributed by atoms with Crippen LogP contribution >= 0.6 is 15.9 Å². The topological polar surface area (TPSA) is 6.48 Å². The third-order valence-corrected chi connectivity index (χ3v) is 5.06. The molecule has 0 amide bonds. The number of halogens is 3. The van der Waals surface area contributed by atoms with Crippen LogP contribution in [-0.2, 0) is 0 Å². The second kappa shape index (κ2) is 5.60. The first-order valence-corrected chi connectivity index (χ1v) is 8.01. The molecule has 2 saturated heterocycles.